The molecule has 1 aromatic heterocycles. The molecule has 1 N–H and O–H groups in total. The van der Waals surface area contributed by atoms with E-state index in [0.717, 1.165) is 22.2 Å². The van der Waals surface area contributed by atoms with E-state index in [1.54, 1.807) is 43.3 Å². The maximum Gasteiger partial charge on any atom is 0.416 e. The third-order valence-corrected chi connectivity index (χ3v) is 5.39. The van der Waals surface area contributed by atoms with E-state index in [0.29, 0.717) is 22.3 Å². The first-order chi connectivity index (χ1) is 15.1. The summed E-state index contributed by atoms with van der Waals surface area (Å²) in [4.78, 5) is 29.9. The molecule has 0 saturated carbocycles. The van der Waals surface area contributed by atoms with Crippen LogP contribution in [0.4, 0.5) is 18.9 Å². The number of rotatable bonds is 3. The van der Waals surface area contributed by atoms with E-state index >= 15 is 0 Å². The molecule has 0 aliphatic carbocycles. The van der Waals surface area contributed by atoms with Gasteiger partial charge in [0, 0.05) is 15.7 Å². The van der Waals surface area contributed by atoms with Crippen molar-refractivity contribution in [3.8, 4) is 5.69 Å². The SMILES string of the molecule is Cc1ccc(NC(=O)c2cccc(C(F)(F)F)c2)cc1-n1cnc2cc(Br)ccc2c1=O. The van der Waals surface area contributed by atoms with Gasteiger partial charge < -0.3 is 5.32 Å². The first-order valence-electron chi connectivity index (χ1n) is 9.40. The lowest BCUT2D eigenvalue weighted by atomic mass is 10.1. The first kappa shape index (κ1) is 21.8. The van der Waals surface area contributed by atoms with Gasteiger partial charge in [0.25, 0.3) is 11.5 Å². The van der Waals surface area contributed by atoms with Crippen LogP contribution in [-0.2, 0) is 6.18 Å². The molecule has 3 aromatic carbocycles. The fourth-order valence-corrected chi connectivity index (χ4v) is 3.60. The van der Waals surface area contributed by atoms with Gasteiger partial charge in [-0.05, 0) is 61.0 Å². The number of halogens is 4. The molecule has 9 heteroatoms. The zero-order valence-electron chi connectivity index (χ0n) is 16.6. The molecule has 5 nitrogen and oxygen atoms in total. The van der Waals surface area contributed by atoms with Gasteiger partial charge in [-0.15, -0.1) is 0 Å². The van der Waals surface area contributed by atoms with Gasteiger partial charge in [0.1, 0.15) is 6.33 Å². The summed E-state index contributed by atoms with van der Waals surface area (Å²) in [6, 6.07) is 14.2. The lowest BCUT2D eigenvalue weighted by Gasteiger charge is -2.13. The van der Waals surface area contributed by atoms with Crippen molar-refractivity contribution in [1.82, 2.24) is 9.55 Å². The highest BCUT2D eigenvalue weighted by Gasteiger charge is 2.30. The van der Waals surface area contributed by atoms with E-state index in [1.807, 2.05) is 0 Å². The fraction of sp³-hybridized carbons (Fsp3) is 0.0870. The van der Waals surface area contributed by atoms with Crippen LogP contribution in [0.15, 0.2) is 76.3 Å². The minimum absolute atomic E-state index is 0.128. The van der Waals surface area contributed by atoms with E-state index in [9.17, 15) is 22.8 Å². The summed E-state index contributed by atoms with van der Waals surface area (Å²) in [7, 11) is 0. The molecule has 1 amide bonds. The van der Waals surface area contributed by atoms with Gasteiger partial charge in [0.15, 0.2) is 0 Å². The van der Waals surface area contributed by atoms with Gasteiger partial charge in [0.05, 0.1) is 22.2 Å². The zero-order valence-corrected chi connectivity index (χ0v) is 18.2. The van der Waals surface area contributed by atoms with E-state index in [-0.39, 0.29) is 11.1 Å². The predicted octanol–water partition coefficient (Wildman–Crippen LogP) is 5.73. The van der Waals surface area contributed by atoms with Gasteiger partial charge in [-0.3, -0.25) is 14.2 Å². The second-order valence-electron chi connectivity index (χ2n) is 7.12. The van der Waals surface area contributed by atoms with Crippen molar-refractivity contribution < 1.29 is 18.0 Å². The van der Waals surface area contributed by atoms with Crippen LogP contribution >= 0.6 is 15.9 Å². The average molecular weight is 502 g/mol. The molecule has 0 spiro atoms. The number of hydrogen-bond donors (Lipinski definition) is 1. The number of alkyl halides is 3. The Morgan fingerprint density at radius 2 is 1.84 bits per heavy atom. The molecule has 162 valence electrons. The maximum absolute atomic E-state index is 13.0. The number of benzene rings is 3. The van der Waals surface area contributed by atoms with Gasteiger partial charge in [-0.25, -0.2) is 4.98 Å². The van der Waals surface area contributed by atoms with Crippen molar-refractivity contribution in [2.75, 3.05) is 5.32 Å². The minimum atomic E-state index is -4.55. The number of hydrogen-bond acceptors (Lipinski definition) is 3. The smallest absolute Gasteiger partial charge is 0.322 e. The first-order valence-corrected chi connectivity index (χ1v) is 10.2. The van der Waals surface area contributed by atoms with Crippen molar-refractivity contribution >= 4 is 38.4 Å². The van der Waals surface area contributed by atoms with Crippen LogP contribution < -0.4 is 10.9 Å². The Hall–Kier alpha value is -3.46. The maximum atomic E-state index is 13.0. The van der Waals surface area contributed by atoms with Crippen molar-refractivity contribution in [2.24, 2.45) is 0 Å². The number of fused-ring (bicyclic) bond motifs is 1. The van der Waals surface area contributed by atoms with E-state index in [1.165, 1.54) is 23.0 Å². The quantitative estimate of drug-likeness (QED) is 0.390. The largest absolute Gasteiger partial charge is 0.416 e. The molecule has 4 rings (SSSR count). The summed E-state index contributed by atoms with van der Waals surface area (Å²) < 4.78 is 41.0. The zero-order chi connectivity index (χ0) is 23.0. The average Bonchev–Trinajstić information content (AvgIpc) is 2.75. The minimum Gasteiger partial charge on any atom is -0.322 e. The normalized spacial score (nSPS) is 11.5. The molecular formula is C23H15BrF3N3O2. The van der Waals surface area contributed by atoms with Gasteiger partial charge in [-0.1, -0.05) is 28.1 Å². The Bertz CT molecular complexity index is 1410. The summed E-state index contributed by atoms with van der Waals surface area (Å²) in [5, 5.41) is 3.01. The van der Waals surface area contributed by atoms with Crippen molar-refractivity contribution in [3.05, 3.63) is 98.5 Å². The summed E-state index contributed by atoms with van der Waals surface area (Å²) in [6.07, 6.45) is -3.15. The third kappa shape index (κ3) is 4.29. The Morgan fingerprint density at radius 1 is 1.06 bits per heavy atom. The number of carbonyl (C=O) groups is 1. The summed E-state index contributed by atoms with van der Waals surface area (Å²) in [5.41, 5.74) is 0.791. The monoisotopic (exact) mass is 501 g/mol. The third-order valence-electron chi connectivity index (χ3n) is 4.90. The van der Waals surface area contributed by atoms with Crippen molar-refractivity contribution in [2.45, 2.75) is 13.1 Å². The molecule has 4 aromatic rings. The molecule has 0 radical (unpaired) electrons. The van der Waals surface area contributed by atoms with Gasteiger partial charge >= 0.3 is 6.18 Å². The highest BCUT2D eigenvalue weighted by atomic mass is 79.9. The fourth-order valence-electron chi connectivity index (χ4n) is 3.25. The second kappa shape index (κ2) is 8.23. The number of aryl methyl sites for hydroxylation is 1. The molecular weight excluding hydrogens is 487 g/mol. The van der Waals surface area contributed by atoms with Gasteiger partial charge in [0.2, 0.25) is 0 Å². The highest BCUT2D eigenvalue weighted by Crippen LogP contribution is 2.30. The lowest BCUT2D eigenvalue weighted by Crippen LogP contribution is -2.20. The lowest BCUT2D eigenvalue weighted by molar-refractivity contribution is -0.137. The summed E-state index contributed by atoms with van der Waals surface area (Å²) in [5.74, 6) is -0.695. The number of aromatic nitrogens is 2. The van der Waals surface area contributed by atoms with Crippen molar-refractivity contribution in [3.63, 3.8) is 0 Å². The second-order valence-corrected chi connectivity index (χ2v) is 8.03. The number of nitrogens with zero attached hydrogens (tertiary/aromatic N) is 2. The number of amides is 1. The number of carbonyl (C=O) groups excluding carboxylic acids is 1. The van der Waals surface area contributed by atoms with E-state index < -0.39 is 17.6 Å². The van der Waals surface area contributed by atoms with Crippen LogP contribution in [-0.4, -0.2) is 15.5 Å². The summed E-state index contributed by atoms with van der Waals surface area (Å²) in [6.45, 7) is 1.80. The molecule has 0 fully saturated rings. The number of anilines is 1. The number of nitrogens with one attached hydrogen (secondary N) is 1. The Balaban J connectivity index is 1.69. The van der Waals surface area contributed by atoms with Crippen LogP contribution in [0.2, 0.25) is 0 Å². The Morgan fingerprint density at radius 3 is 2.59 bits per heavy atom. The highest BCUT2D eigenvalue weighted by molar-refractivity contribution is 9.10. The molecule has 0 bridgehead atoms. The van der Waals surface area contributed by atoms with Crippen molar-refractivity contribution in [1.29, 1.82) is 0 Å². The van der Waals surface area contributed by atoms with Crippen LogP contribution in [0.1, 0.15) is 21.5 Å². The van der Waals surface area contributed by atoms with Crippen LogP contribution in [0.5, 0.6) is 0 Å². The molecule has 32 heavy (non-hydrogen) atoms. The Kier molecular flexibility index (Phi) is 5.60. The van der Waals surface area contributed by atoms with E-state index in [4.69, 9.17) is 0 Å². The molecule has 0 aliphatic rings. The van der Waals surface area contributed by atoms with Crippen LogP contribution in [0.3, 0.4) is 0 Å². The van der Waals surface area contributed by atoms with Crippen LogP contribution in [0.25, 0.3) is 16.6 Å². The van der Waals surface area contributed by atoms with Crippen LogP contribution in [0, 0.1) is 6.92 Å². The molecule has 0 unspecified atom stereocenters. The molecule has 1 heterocycles. The molecule has 0 saturated heterocycles. The summed E-state index contributed by atoms with van der Waals surface area (Å²) >= 11 is 3.35. The predicted molar refractivity (Wildman–Crippen MR) is 119 cm³/mol. The Labute approximate surface area is 188 Å². The molecule has 0 atom stereocenters. The van der Waals surface area contributed by atoms with Gasteiger partial charge in [-0.2, -0.15) is 13.2 Å². The molecule has 0 aliphatic heterocycles. The standard InChI is InChI=1S/C23H15BrF3N3O2/c1-13-5-7-17(29-21(31)14-3-2-4-15(9-14)23(25,26)27)11-20(13)30-12-28-19-10-16(24)6-8-18(19)22(30)32/h2-12H,1H3,(H,29,31). The van der Waals surface area contributed by atoms with E-state index in [2.05, 4.69) is 26.2 Å². The topological polar surface area (TPSA) is 64.0 Å².